The maximum absolute atomic E-state index is 14.6. The van der Waals surface area contributed by atoms with E-state index in [0.717, 1.165) is 11.1 Å². The lowest BCUT2D eigenvalue weighted by atomic mass is 9.94. The number of hydrogen-bond acceptors (Lipinski definition) is 7. The molecule has 0 aliphatic carbocycles. The Kier molecular flexibility index (Phi) is 13.7. The summed E-state index contributed by atoms with van der Waals surface area (Å²) in [5.74, 6) is -0.971. The summed E-state index contributed by atoms with van der Waals surface area (Å²) in [5, 5.41) is 5.71. The Hall–Kier alpha value is -3.53. The molecule has 2 N–H and O–H groups in total. The zero-order valence-electron chi connectivity index (χ0n) is 29.4. The number of carbonyl (C=O) groups is 4. The van der Waals surface area contributed by atoms with Crippen LogP contribution in [0.3, 0.4) is 0 Å². The molecule has 2 aromatic rings. The number of ether oxygens (including phenoxy) is 2. The monoisotopic (exact) mass is 655 g/mol. The largest absolute Gasteiger partial charge is 0.458 e. The van der Waals surface area contributed by atoms with E-state index in [9.17, 15) is 19.2 Å². The smallest absolute Gasteiger partial charge is 0.408 e. The van der Waals surface area contributed by atoms with Gasteiger partial charge in [-0.25, -0.2) is 9.59 Å². The Balaban J connectivity index is 2.64. The molecule has 0 heterocycles. The van der Waals surface area contributed by atoms with Crippen molar-refractivity contribution < 1.29 is 28.7 Å². The third-order valence-corrected chi connectivity index (χ3v) is 7.36. The van der Waals surface area contributed by atoms with E-state index in [0.29, 0.717) is 17.7 Å². The highest BCUT2D eigenvalue weighted by atomic mass is 32.2. The van der Waals surface area contributed by atoms with Gasteiger partial charge in [0.25, 0.3) is 0 Å². The number of aryl methyl sites for hydroxylation is 1. The molecule has 10 heteroatoms. The number of rotatable bonds is 12. The summed E-state index contributed by atoms with van der Waals surface area (Å²) in [4.78, 5) is 57.0. The van der Waals surface area contributed by atoms with Crippen LogP contribution < -0.4 is 10.6 Å². The summed E-state index contributed by atoms with van der Waals surface area (Å²) >= 11 is 1.54. The first-order chi connectivity index (χ1) is 21.2. The number of alkyl carbamates (subject to hydrolysis) is 1. The second-order valence-electron chi connectivity index (χ2n) is 14.5. The Labute approximate surface area is 279 Å². The van der Waals surface area contributed by atoms with E-state index in [-0.39, 0.29) is 6.42 Å². The molecule has 3 amide bonds. The number of hydrogen-bond donors (Lipinski definition) is 2. The molecule has 46 heavy (non-hydrogen) atoms. The van der Waals surface area contributed by atoms with Crippen molar-refractivity contribution >= 4 is 35.6 Å². The van der Waals surface area contributed by atoms with Gasteiger partial charge in [0.1, 0.15) is 29.3 Å². The van der Waals surface area contributed by atoms with Crippen LogP contribution in [-0.4, -0.2) is 69.6 Å². The third kappa shape index (κ3) is 12.7. The molecule has 0 aromatic heterocycles. The third-order valence-electron chi connectivity index (χ3n) is 6.71. The molecule has 0 aliphatic rings. The predicted molar refractivity (Wildman–Crippen MR) is 185 cm³/mol. The fraction of sp³-hybridized carbons (Fsp3) is 0.556. The van der Waals surface area contributed by atoms with Gasteiger partial charge in [0.15, 0.2) is 0 Å². The number of amides is 3. The second-order valence-corrected chi connectivity index (χ2v) is 15.4. The summed E-state index contributed by atoms with van der Waals surface area (Å²) < 4.78 is 11.2. The minimum atomic E-state index is -1.13. The van der Waals surface area contributed by atoms with Crippen molar-refractivity contribution in [1.82, 2.24) is 15.5 Å². The highest BCUT2D eigenvalue weighted by Crippen LogP contribution is 2.31. The lowest BCUT2D eigenvalue weighted by Gasteiger charge is -2.43. The van der Waals surface area contributed by atoms with Gasteiger partial charge in [-0.15, -0.1) is 0 Å². The average Bonchev–Trinajstić information content (AvgIpc) is 2.91. The van der Waals surface area contributed by atoms with Crippen molar-refractivity contribution in [3.05, 3.63) is 71.3 Å². The van der Waals surface area contributed by atoms with Crippen LogP contribution in [-0.2, 0) is 30.3 Å². The summed E-state index contributed by atoms with van der Waals surface area (Å²) in [6, 6.07) is 13.6. The first-order valence-corrected chi connectivity index (χ1v) is 17.1. The number of esters is 1. The minimum Gasteiger partial charge on any atom is -0.458 e. The molecular weight excluding hydrogens is 602 g/mol. The summed E-state index contributed by atoms with van der Waals surface area (Å²) in [6.07, 6.45) is 1.72. The van der Waals surface area contributed by atoms with E-state index in [1.165, 1.54) is 4.90 Å². The van der Waals surface area contributed by atoms with Gasteiger partial charge in [0, 0.05) is 12.0 Å². The Morgan fingerprint density at radius 1 is 0.804 bits per heavy atom. The standard InChI is InChI=1S/C36H53N3O6S/c1-24-16-15-19-26(22-24)29(30(40)37-28(32(42)44-35(5,6)7)23-25-17-13-12-14-18-25)39(34(2,3)4)31(41)27(20-21-46-11)38-33(43)45-36(8,9)10/h12-19,22,27-29H,20-21,23H2,1-11H3,(H,37,40)(H,38,43). The molecule has 2 aromatic carbocycles. The van der Waals surface area contributed by atoms with Crippen molar-refractivity contribution in [3.8, 4) is 0 Å². The Morgan fingerprint density at radius 3 is 1.93 bits per heavy atom. The SMILES string of the molecule is CSCCC(NC(=O)OC(C)(C)C)C(=O)N(C(C(=O)NC(Cc1ccccc1)C(=O)OC(C)(C)C)c1cccc(C)c1)C(C)(C)C. The predicted octanol–water partition coefficient (Wildman–Crippen LogP) is 6.38. The van der Waals surface area contributed by atoms with Gasteiger partial charge >= 0.3 is 12.1 Å². The molecule has 0 aliphatic heterocycles. The minimum absolute atomic E-state index is 0.196. The van der Waals surface area contributed by atoms with Gasteiger partial charge in [0.05, 0.1) is 0 Å². The first kappa shape index (κ1) is 38.7. The number of benzene rings is 2. The van der Waals surface area contributed by atoms with E-state index >= 15 is 0 Å². The van der Waals surface area contributed by atoms with Gasteiger partial charge in [-0.3, -0.25) is 9.59 Å². The lowest BCUT2D eigenvalue weighted by molar-refractivity contribution is -0.159. The van der Waals surface area contributed by atoms with Gasteiger partial charge in [0.2, 0.25) is 11.8 Å². The van der Waals surface area contributed by atoms with E-state index in [1.807, 2.05) is 82.5 Å². The van der Waals surface area contributed by atoms with Crippen molar-refractivity contribution in [3.63, 3.8) is 0 Å². The fourth-order valence-corrected chi connectivity index (χ4v) is 5.35. The maximum Gasteiger partial charge on any atom is 0.408 e. The van der Waals surface area contributed by atoms with Crippen LogP contribution in [0.15, 0.2) is 54.6 Å². The Morgan fingerprint density at radius 2 is 1.41 bits per heavy atom. The number of nitrogens with one attached hydrogen (secondary N) is 2. The molecule has 0 spiro atoms. The zero-order chi connectivity index (χ0) is 34.9. The van der Waals surface area contributed by atoms with Gasteiger partial charge < -0.3 is 25.0 Å². The first-order valence-electron chi connectivity index (χ1n) is 15.7. The quantitative estimate of drug-likeness (QED) is 0.255. The fourth-order valence-electron chi connectivity index (χ4n) is 4.88. The van der Waals surface area contributed by atoms with Gasteiger partial charge in [-0.1, -0.05) is 60.2 Å². The van der Waals surface area contributed by atoms with Crippen LogP contribution in [0.2, 0.25) is 0 Å². The molecule has 0 radical (unpaired) electrons. The van der Waals surface area contributed by atoms with E-state index in [2.05, 4.69) is 10.6 Å². The summed E-state index contributed by atoms with van der Waals surface area (Å²) in [6.45, 7) is 18.0. The van der Waals surface area contributed by atoms with Crippen LogP contribution >= 0.6 is 11.8 Å². The van der Waals surface area contributed by atoms with Crippen molar-refractivity contribution in [2.45, 2.75) is 117 Å². The van der Waals surface area contributed by atoms with E-state index in [1.54, 1.807) is 59.4 Å². The molecule has 2 rings (SSSR count). The Bertz CT molecular complexity index is 1330. The van der Waals surface area contributed by atoms with Gasteiger partial charge in [-0.2, -0.15) is 11.8 Å². The van der Waals surface area contributed by atoms with Crippen molar-refractivity contribution in [2.75, 3.05) is 12.0 Å². The van der Waals surface area contributed by atoms with E-state index in [4.69, 9.17) is 9.47 Å². The molecule has 254 valence electrons. The molecule has 3 atom stereocenters. The number of nitrogens with zero attached hydrogens (tertiary/aromatic N) is 1. The molecule has 9 nitrogen and oxygen atoms in total. The highest BCUT2D eigenvalue weighted by Gasteiger charge is 2.43. The molecular formula is C36H53N3O6S. The molecule has 0 bridgehead atoms. The average molecular weight is 656 g/mol. The number of carbonyl (C=O) groups excluding carboxylic acids is 4. The highest BCUT2D eigenvalue weighted by molar-refractivity contribution is 7.98. The summed E-state index contributed by atoms with van der Waals surface area (Å²) in [5.41, 5.74) is -0.109. The van der Waals surface area contributed by atoms with Crippen LogP contribution in [0.1, 0.15) is 91.5 Å². The van der Waals surface area contributed by atoms with E-state index < -0.39 is 58.7 Å². The van der Waals surface area contributed by atoms with Crippen LogP contribution in [0.5, 0.6) is 0 Å². The normalized spacial score (nSPS) is 14.0. The maximum atomic E-state index is 14.6. The van der Waals surface area contributed by atoms with Crippen molar-refractivity contribution in [2.24, 2.45) is 0 Å². The van der Waals surface area contributed by atoms with Crippen molar-refractivity contribution in [1.29, 1.82) is 0 Å². The second kappa shape index (κ2) is 16.3. The topological polar surface area (TPSA) is 114 Å². The molecule has 0 saturated carbocycles. The zero-order valence-corrected chi connectivity index (χ0v) is 30.2. The van der Waals surface area contributed by atoms with Crippen LogP contribution in [0.25, 0.3) is 0 Å². The van der Waals surface area contributed by atoms with Crippen LogP contribution in [0, 0.1) is 6.92 Å². The molecule has 0 fully saturated rings. The molecule has 0 saturated heterocycles. The summed E-state index contributed by atoms with van der Waals surface area (Å²) in [7, 11) is 0. The molecule has 3 unspecified atom stereocenters. The van der Waals surface area contributed by atoms with Gasteiger partial charge in [-0.05, 0) is 98.8 Å². The van der Waals surface area contributed by atoms with Crippen LogP contribution in [0.4, 0.5) is 4.79 Å². The number of thioether (sulfide) groups is 1. The lowest BCUT2D eigenvalue weighted by Crippen LogP contribution is -2.59.